The van der Waals surface area contributed by atoms with Gasteiger partial charge in [0, 0.05) is 0 Å². The second-order valence-electron chi connectivity index (χ2n) is 10.1. The fourth-order valence-electron chi connectivity index (χ4n) is 4.90. The third kappa shape index (κ3) is 7.05. The normalized spacial score (nSPS) is 45.5. The lowest BCUT2D eigenvalue weighted by molar-refractivity contribution is -0.393. The van der Waals surface area contributed by atoms with Crippen LogP contribution in [-0.2, 0) is 35.0 Å². The van der Waals surface area contributed by atoms with E-state index >= 15 is 0 Å². The van der Waals surface area contributed by atoms with Crippen LogP contribution in [0.1, 0.15) is 5.56 Å². The van der Waals surface area contributed by atoms with Gasteiger partial charge in [-0.3, -0.25) is 0 Å². The summed E-state index contributed by atoms with van der Waals surface area (Å²) in [4.78, 5) is 0. The van der Waals surface area contributed by atoms with Gasteiger partial charge in [-0.25, -0.2) is 0 Å². The Bertz CT molecular complexity index is 922. The highest BCUT2D eigenvalue weighted by Crippen LogP contribution is 2.34. The van der Waals surface area contributed by atoms with Gasteiger partial charge in [-0.1, -0.05) is 30.3 Å². The third-order valence-electron chi connectivity index (χ3n) is 7.33. The predicted octanol–water partition coefficient (Wildman–Crippen LogP) is -5.35. The van der Waals surface area contributed by atoms with Gasteiger partial charge in [-0.15, -0.1) is 0 Å². The molecule has 41 heavy (non-hydrogen) atoms. The number of ether oxygens (including phenoxy) is 6. The van der Waals surface area contributed by atoms with E-state index in [0.29, 0.717) is 5.56 Å². The van der Waals surface area contributed by atoms with Crippen LogP contribution in [0.3, 0.4) is 0 Å². The standard InChI is InChI=1S/C25H38O16/c26-6-11-14(29)17(32)19(34)23(37-11)40-21-16(31)13(8-28)39-25(36-9-10-4-2-1-3-5-10)22(21)41-24-20(35)18(33)15(30)12(7-27)38-24/h1-5,11-35H,6-9H2/t11-,12+,13-,14+,15-,16+,17+,18-,19-,20+,21+,22-,23+,24-,25-/m0/s1. The van der Waals surface area contributed by atoms with Crippen molar-refractivity contribution < 1.29 is 79.5 Å². The van der Waals surface area contributed by atoms with E-state index in [0.717, 1.165) is 0 Å². The highest BCUT2D eigenvalue weighted by molar-refractivity contribution is 5.13. The number of aliphatic hydroxyl groups excluding tert-OH is 10. The fourth-order valence-corrected chi connectivity index (χ4v) is 4.90. The zero-order chi connectivity index (χ0) is 29.8. The summed E-state index contributed by atoms with van der Waals surface area (Å²) in [6.45, 7) is -2.30. The van der Waals surface area contributed by atoms with E-state index in [9.17, 15) is 51.1 Å². The molecule has 15 atom stereocenters. The molecule has 0 aliphatic carbocycles. The van der Waals surface area contributed by atoms with Crippen molar-refractivity contribution in [2.75, 3.05) is 19.8 Å². The van der Waals surface area contributed by atoms with Crippen LogP contribution < -0.4 is 0 Å². The predicted molar refractivity (Wildman–Crippen MR) is 130 cm³/mol. The Morgan fingerprint density at radius 1 is 0.512 bits per heavy atom. The van der Waals surface area contributed by atoms with E-state index in [1.165, 1.54) is 0 Å². The second-order valence-corrected chi connectivity index (χ2v) is 10.1. The van der Waals surface area contributed by atoms with Crippen molar-refractivity contribution in [1.82, 2.24) is 0 Å². The molecule has 3 aliphatic rings. The Balaban J connectivity index is 1.64. The van der Waals surface area contributed by atoms with E-state index in [2.05, 4.69) is 0 Å². The number of aliphatic hydroxyl groups is 10. The van der Waals surface area contributed by atoms with E-state index in [1.807, 2.05) is 0 Å². The first-order valence-corrected chi connectivity index (χ1v) is 13.1. The van der Waals surface area contributed by atoms with Crippen molar-refractivity contribution >= 4 is 0 Å². The summed E-state index contributed by atoms with van der Waals surface area (Å²) in [5.74, 6) is 0. The van der Waals surface area contributed by atoms with Crippen molar-refractivity contribution in [3.8, 4) is 0 Å². The summed E-state index contributed by atoms with van der Waals surface area (Å²) >= 11 is 0. The van der Waals surface area contributed by atoms with Gasteiger partial charge in [0.05, 0.1) is 26.4 Å². The maximum atomic E-state index is 11.1. The molecular weight excluding hydrogens is 556 g/mol. The van der Waals surface area contributed by atoms with Crippen molar-refractivity contribution in [3.05, 3.63) is 35.9 Å². The zero-order valence-corrected chi connectivity index (χ0v) is 21.8. The number of hydrogen-bond donors (Lipinski definition) is 10. The molecule has 0 spiro atoms. The molecule has 16 heteroatoms. The second kappa shape index (κ2) is 14.4. The van der Waals surface area contributed by atoms with Crippen molar-refractivity contribution in [3.63, 3.8) is 0 Å². The van der Waals surface area contributed by atoms with Gasteiger partial charge < -0.3 is 79.5 Å². The number of hydrogen-bond acceptors (Lipinski definition) is 16. The molecule has 3 heterocycles. The molecule has 16 nitrogen and oxygen atoms in total. The first-order valence-electron chi connectivity index (χ1n) is 13.1. The molecule has 3 saturated heterocycles. The molecule has 0 aromatic heterocycles. The highest BCUT2D eigenvalue weighted by atomic mass is 16.8. The Kier molecular flexibility index (Phi) is 11.4. The van der Waals surface area contributed by atoms with Crippen molar-refractivity contribution in [2.24, 2.45) is 0 Å². The maximum Gasteiger partial charge on any atom is 0.187 e. The highest BCUT2D eigenvalue weighted by Gasteiger charge is 2.54. The van der Waals surface area contributed by atoms with Crippen molar-refractivity contribution in [2.45, 2.75) is 98.7 Å². The number of benzene rings is 1. The molecule has 1 aromatic rings. The summed E-state index contributed by atoms with van der Waals surface area (Å²) < 4.78 is 34.2. The lowest BCUT2D eigenvalue weighted by Crippen LogP contribution is -2.67. The first kappa shape index (κ1) is 32.5. The molecule has 0 saturated carbocycles. The summed E-state index contributed by atoms with van der Waals surface area (Å²) in [6, 6.07) is 8.79. The van der Waals surface area contributed by atoms with Crippen LogP contribution in [-0.4, -0.2) is 163 Å². The average molecular weight is 595 g/mol. The summed E-state index contributed by atoms with van der Waals surface area (Å²) in [7, 11) is 0. The van der Waals surface area contributed by atoms with Gasteiger partial charge >= 0.3 is 0 Å². The number of rotatable bonds is 10. The Morgan fingerprint density at radius 3 is 1.44 bits per heavy atom. The van der Waals surface area contributed by atoms with Crippen molar-refractivity contribution in [1.29, 1.82) is 0 Å². The molecular formula is C25H38O16. The Hall–Kier alpha value is -1.42. The molecule has 4 rings (SSSR count). The van der Waals surface area contributed by atoms with E-state index in [1.54, 1.807) is 30.3 Å². The lowest BCUT2D eigenvalue weighted by Gasteiger charge is -2.49. The van der Waals surface area contributed by atoms with Crippen LogP contribution in [0.15, 0.2) is 30.3 Å². The van der Waals surface area contributed by atoms with E-state index in [-0.39, 0.29) is 6.61 Å². The fraction of sp³-hybridized carbons (Fsp3) is 0.760. The summed E-state index contributed by atoms with van der Waals surface area (Å²) in [5.41, 5.74) is 0.695. The third-order valence-corrected chi connectivity index (χ3v) is 7.33. The molecule has 3 aliphatic heterocycles. The van der Waals surface area contributed by atoms with E-state index < -0.39 is 112 Å². The van der Waals surface area contributed by atoms with Crippen LogP contribution in [0.4, 0.5) is 0 Å². The van der Waals surface area contributed by atoms with Crippen LogP contribution in [0, 0.1) is 0 Å². The largest absolute Gasteiger partial charge is 0.394 e. The summed E-state index contributed by atoms with van der Waals surface area (Å²) in [5, 5.41) is 102. The van der Waals surface area contributed by atoms with E-state index in [4.69, 9.17) is 28.4 Å². The van der Waals surface area contributed by atoms with Gasteiger partial charge in [-0.05, 0) is 5.56 Å². The lowest BCUT2D eigenvalue weighted by atomic mass is 9.96. The molecule has 3 fully saturated rings. The molecule has 10 N–H and O–H groups in total. The zero-order valence-electron chi connectivity index (χ0n) is 21.8. The molecule has 0 radical (unpaired) electrons. The minimum absolute atomic E-state index is 0.0684. The van der Waals surface area contributed by atoms with Crippen LogP contribution >= 0.6 is 0 Å². The molecule has 0 unspecified atom stereocenters. The Labute approximate surface area is 234 Å². The maximum absolute atomic E-state index is 11.1. The van der Waals surface area contributed by atoms with Gasteiger partial charge in [0.15, 0.2) is 18.9 Å². The van der Waals surface area contributed by atoms with Gasteiger partial charge in [0.25, 0.3) is 0 Å². The summed E-state index contributed by atoms with van der Waals surface area (Å²) in [6.07, 6.45) is -24.6. The Morgan fingerprint density at radius 2 is 0.951 bits per heavy atom. The van der Waals surface area contributed by atoms with Gasteiger partial charge in [0.2, 0.25) is 0 Å². The minimum atomic E-state index is -1.87. The minimum Gasteiger partial charge on any atom is -0.394 e. The molecule has 0 bridgehead atoms. The van der Waals surface area contributed by atoms with Crippen LogP contribution in [0.2, 0.25) is 0 Å². The molecule has 1 aromatic carbocycles. The molecule has 234 valence electrons. The average Bonchev–Trinajstić information content (AvgIpc) is 2.99. The van der Waals surface area contributed by atoms with Gasteiger partial charge in [-0.2, -0.15) is 0 Å². The first-order chi connectivity index (χ1) is 19.6. The topological polar surface area (TPSA) is 258 Å². The van der Waals surface area contributed by atoms with Crippen LogP contribution in [0.25, 0.3) is 0 Å². The smallest absolute Gasteiger partial charge is 0.187 e. The van der Waals surface area contributed by atoms with Gasteiger partial charge in [0.1, 0.15) is 73.2 Å². The molecule has 0 amide bonds. The quantitative estimate of drug-likeness (QED) is 0.121. The monoisotopic (exact) mass is 594 g/mol. The van der Waals surface area contributed by atoms with Crippen LogP contribution in [0.5, 0.6) is 0 Å². The SMILES string of the molecule is OC[C@@H]1O[C@H](O[C@@H]2[C@H](O)[C@H](CO)O[C@H](OCc3ccccc3)[C@H]2O[C@@H]2O[C@H](CO)[C@H](O)[C@H](O)[C@H]2O)[C@@H](O)[C@H](O)[C@@H]1O.